The highest BCUT2D eigenvalue weighted by Gasteiger charge is 2.10. The SMILES string of the molecule is CC(NCC(O)COc1ccccc1Cl)c1cccc(Cl)c1.Cl. The van der Waals surface area contributed by atoms with Gasteiger partial charge in [-0.05, 0) is 36.8 Å². The first-order chi connectivity index (χ1) is 10.6. The Balaban J connectivity index is 0.00000264. The lowest BCUT2D eigenvalue weighted by molar-refractivity contribution is 0.104. The van der Waals surface area contributed by atoms with Crippen molar-refractivity contribution >= 4 is 35.6 Å². The van der Waals surface area contributed by atoms with E-state index in [1.807, 2.05) is 43.3 Å². The van der Waals surface area contributed by atoms with E-state index in [1.165, 1.54) is 0 Å². The summed E-state index contributed by atoms with van der Waals surface area (Å²) in [7, 11) is 0. The van der Waals surface area contributed by atoms with E-state index in [-0.39, 0.29) is 25.1 Å². The van der Waals surface area contributed by atoms with Crippen LogP contribution in [0.15, 0.2) is 48.5 Å². The van der Waals surface area contributed by atoms with E-state index in [1.54, 1.807) is 12.1 Å². The van der Waals surface area contributed by atoms with Gasteiger partial charge in [-0.25, -0.2) is 0 Å². The number of hydrogen-bond donors (Lipinski definition) is 2. The summed E-state index contributed by atoms with van der Waals surface area (Å²) in [4.78, 5) is 0. The van der Waals surface area contributed by atoms with Crippen LogP contribution >= 0.6 is 35.6 Å². The Labute approximate surface area is 153 Å². The first kappa shape index (κ1) is 20.1. The fraction of sp³-hybridized carbons (Fsp3) is 0.294. The Bertz CT molecular complexity index is 610. The molecule has 126 valence electrons. The number of halogens is 3. The maximum absolute atomic E-state index is 10.00. The third kappa shape index (κ3) is 6.58. The summed E-state index contributed by atoms with van der Waals surface area (Å²) in [6.07, 6.45) is -0.627. The molecule has 0 radical (unpaired) electrons. The molecule has 3 nitrogen and oxygen atoms in total. The first-order valence-corrected chi connectivity index (χ1v) is 7.86. The number of hydrogen-bond acceptors (Lipinski definition) is 3. The fourth-order valence-corrected chi connectivity index (χ4v) is 2.40. The third-order valence-electron chi connectivity index (χ3n) is 3.28. The average molecular weight is 377 g/mol. The van der Waals surface area contributed by atoms with Gasteiger partial charge in [0.25, 0.3) is 0 Å². The van der Waals surface area contributed by atoms with Crippen LogP contribution in [-0.4, -0.2) is 24.4 Å². The number of aliphatic hydroxyl groups is 1. The molecule has 2 atom stereocenters. The molecular weight excluding hydrogens is 357 g/mol. The normalized spacial score (nSPS) is 13.0. The largest absolute Gasteiger partial charge is 0.489 e. The van der Waals surface area contributed by atoms with E-state index in [4.69, 9.17) is 27.9 Å². The van der Waals surface area contributed by atoms with Gasteiger partial charge in [0, 0.05) is 17.6 Å². The highest BCUT2D eigenvalue weighted by atomic mass is 35.5. The van der Waals surface area contributed by atoms with Gasteiger partial charge in [-0.3, -0.25) is 0 Å². The fourth-order valence-electron chi connectivity index (χ4n) is 2.01. The van der Waals surface area contributed by atoms with Crippen LogP contribution in [0.2, 0.25) is 10.0 Å². The number of rotatable bonds is 7. The zero-order valence-electron chi connectivity index (χ0n) is 12.7. The number of aliphatic hydroxyl groups excluding tert-OH is 1. The molecule has 6 heteroatoms. The molecule has 0 aromatic heterocycles. The molecule has 0 amide bonds. The second-order valence-corrected chi connectivity index (χ2v) is 5.92. The van der Waals surface area contributed by atoms with Gasteiger partial charge < -0.3 is 15.2 Å². The van der Waals surface area contributed by atoms with Crippen LogP contribution in [-0.2, 0) is 0 Å². The van der Waals surface area contributed by atoms with Crippen molar-refractivity contribution in [3.63, 3.8) is 0 Å². The molecule has 0 saturated heterocycles. The monoisotopic (exact) mass is 375 g/mol. The average Bonchev–Trinajstić information content (AvgIpc) is 2.52. The minimum Gasteiger partial charge on any atom is -0.489 e. The summed E-state index contributed by atoms with van der Waals surface area (Å²) < 4.78 is 5.51. The summed E-state index contributed by atoms with van der Waals surface area (Å²) >= 11 is 12.0. The molecule has 0 saturated carbocycles. The Hall–Kier alpha value is -0.970. The molecule has 0 aliphatic rings. The van der Waals surface area contributed by atoms with Gasteiger partial charge in [0.05, 0.1) is 5.02 Å². The zero-order chi connectivity index (χ0) is 15.9. The van der Waals surface area contributed by atoms with Crippen molar-refractivity contribution in [1.82, 2.24) is 5.32 Å². The standard InChI is InChI=1S/C17H19Cl2NO2.ClH/c1-12(13-5-4-6-14(18)9-13)20-10-15(21)11-22-17-8-3-2-7-16(17)19;/h2-9,12,15,20-21H,10-11H2,1H3;1H. The van der Waals surface area contributed by atoms with Crippen LogP contribution in [0.3, 0.4) is 0 Å². The number of para-hydroxylation sites is 1. The maximum atomic E-state index is 10.00. The van der Waals surface area contributed by atoms with Gasteiger partial charge in [0.15, 0.2) is 0 Å². The Kier molecular flexibility index (Phi) is 8.74. The number of ether oxygens (including phenoxy) is 1. The topological polar surface area (TPSA) is 41.5 Å². The Morgan fingerprint density at radius 3 is 2.57 bits per heavy atom. The van der Waals surface area contributed by atoms with Crippen molar-refractivity contribution in [2.24, 2.45) is 0 Å². The van der Waals surface area contributed by atoms with Crippen molar-refractivity contribution in [3.8, 4) is 5.75 Å². The second-order valence-electron chi connectivity index (χ2n) is 5.08. The molecule has 0 bridgehead atoms. The smallest absolute Gasteiger partial charge is 0.138 e. The minimum absolute atomic E-state index is 0. The van der Waals surface area contributed by atoms with Crippen molar-refractivity contribution in [3.05, 3.63) is 64.1 Å². The third-order valence-corrected chi connectivity index (χ3v) is 3.82. The van der Waals surface area contributed by atoms with Crippen molar-refractivity contribution in [2.45, 2.75) is 19.1 Å². The molecule has 2 unspecified atom stereocenters. The van der Waals surface area contributed by atoms with Gasteiger partial charge >= 0.3 is 0 Å². The van der Waals surface area contributed by atoms with Crippen LogP contribution in [0.1, 0.15) is 18.5 Å². The van der Waals surface area contributed by atoms with E-state index < -0.39 is 6.10 Å². The quantitative estimate of drug-likeness (QED) is 0.747. The van der Waals surface area contributed by atoms with Gasteiger partial charge in [-0.15, -0.1) is 12.4 Å². The highest BCUT2D eigenvalue weighted by molar-refractivity contribution is 6.32. The van der Waals surface area contributed by atoms with Crippen LogP contribution in [0, 0.1) is 0 Å². The molecule has 23 heavy (non-hydrogen) atoms. The van der Waals surface area contributed by atoms with Crippen LogP contribution in [0.25, 0.3) is 0 Å². The highest BCUT2D eigenvalue weighted by Crippen LogP contribution is 2.23. The lowest BCUT2D eigenvalue weighted by atomic mass is 10.1. The predicted octanol–water partition coefficient (Wildman–Crippen LogP) is 4.51. The summed E-state index contributed by atoms with van der Waals surface area (Å²) in [6, 6.07) is 14.9. The van der Waals surface area contributed by atoms with Crippen molar-refractivity contribution < 1.29 is 9.84 Å². The van der Waals surface area contributed by atoms with E-state index in [2.05, 4.69) is 5.32 Å². The van der Waals surface area contributed by atoms with Gasteiger partial charge in [0.1, 0.15) is 18.5 Å². The molecule has 2 aromatic rings. The lowest BCUT2D eigenvalue weighted by Gasteiger charge is -2.18. The summed E-state index contributed by atoms with van der Waals surface area (Å²) in [6.45, 7) is 2.62. The molecule has 0 fully saturated rings. The van der Waals surface area contributed by atoms with E-state index in [0.29, 0.717) is 22.3 Å². The molecule has 2 aromatic carbocycles. The number of benzene rings is 2. The minimum atomic E-state index is -0.627. The van der Waals surface area contributed by atoms with E-state index >= 15 is 0 Å². The second kappa shape index (κ2) is 10.0. The first-order valence-electron chi connectivity index (χ1n) is 7.10. The van der Waals surface area contributed by atoms with Gasteiger partial charge in [0.2, 0.25) is 0 Å². The Morgan fingerprint density at radius 2 is 1.87 bits per heavy atom. The molecular formula is C17H20Cl3NO2. The molecule has 0 aliphatic heterocycles. The van der Waals surface area contributed by atoms with E-state index in [0.717, 1.165) is 5.56 Å². The molecule has 2 N–H and O–H groups in total. The van der Waals surface area contributed by atoms with E-state index in [9.17, 15) is 5.11 Å². The zero-order valence-corrected chi connectivity index (χ0v) is 15.0. The van der Waals surface area contributed by atoms with Gasteiger partial charge in [-0.2, -0.15) is 0 Å². The molecule has 0 heterocycles. The van der Waals surface area contributed by atoms with Crippen molar-refractivity contribution in [1.29, 1.82) is 0 Å². The molecule has 0 spiro atoms. The summed E-state index contributed by atoms with van der Waals surface area (Å²) in [5, 5.41) is 14.5. The number of nitrogens with one attached hydrogen (secondary N) is 1. The van der Waals surface area contributed by atoms with Crippen LogP contribution < -0.4 is 10.1 Å². The molecule has 2 rings (SSSR count). The lowest BCUT2D eigenvalue weighted by Crippen LogP contribution is -2.33. The van der Waals surface area contributed by atoms with Gasteiger partial charge in [-0.1, -0.05) is 47.5 Å². The van der Waals surface area contributed by atoms with Crippen molar-refractivity contribution in [2.75, 3.05) is 13.2 Å². The Morgan fingerprint density at radius 1 is 1.13 bits per heavy atom. The molecule has 0 aliphatic carbocycles. The van der Waals surface area contributed by atoms with Crippen LogP contribution in [0.4, 0.5) is 0 Å². The summed E-state index contributed by atoms with van der Waals surface area (Å²) in [5.41, 5.74) is 1.08. The maximum Gasteiger partial charge on any atom is 0.138 e. The summed E-state index contributed by atoms with van der Waals surface area (Å²) in [5.74, 6) is 0.575. The van der Waals surface area contributed by atoms with Crippen LogP contribution in [0.5, 0.6) is 5.75 Å². The predicted molar refractivity (Wildman–Crippen MR) is 98.1 cm³/mol.